The number of anilines is 1. The lowest BCUT2D eigenvalue weighted by Crippen LogP contribution is -2.49. The van der Waals surface area contributed by atoms with Gasteiger partial charge >= 0.3 is 0 Å². The van der Waals surface area contributed by atoms with Gasteiger partial charge in [0, 0.05) is 44.7 Å². The summed E-state index contributed by atoms with van der Waals surface area (Å²) in [6.07, 6.45) is 0.364. The maximum Gasteiger partial charge on any atom is 0.234 e. The van der Waals surface area contributed by atoms with E-state index < -0.39 is 0 Å². The van der Waals surface area contributed by atoms with Crippen molar-refractivity contribution >= 4 is 17.5 Å². The maximum atomic E-state index is 11.9. The van der Waals surface area contributed by atoms with Crippen molar-refractivity contribution in [1.29, 1.82) is 0 Å². The minimum Gasteiger partial charge on any atom is -0.368 e. The molecule has 6 heteroatoms. The van der Waals surface area contributed by atoms with Crippen LogP contribution in [0.2, 0.25) is 0 Å². The lowest BCUT2D eigenvalue weighted by Gasteiger charge is -2.36. The summed E-state index contributed by atoms with van der Waals surface area (Å²) in [4.78, 5) is 27.0. The summed E-state index contributed by atoms with van der Waals surface area (Å²) >= 11 is 0. The Morgan fingerprint density at radius 1 is 1.05 bits per heavy atom. The predicted octanol–water partition coefficient (Wildman–Crippen LogP) is 0.105. The molecule has 0 spiro atoms. The summed E-state index contributed by atoms with van der Waals surface area (Å²) in [5.74, 6) is 4.70. The van der Waals surface area contributed by atoms with E-state index in [4.69, 9.17) is 5.84 Å². The van der Waals surface area contributed by atoms with Gasteiger partial charge in [-0.2, -0.15) is 0 Å². The first-order valence-corrected chi connectivity index (χ1v) is 6.78. The minimum absolute atomic E-state index is 0.0151. The third kappa shape index (κ3) is 3.71. The lowest BCUT2D eigenvalue weighted by atomic mass is 10.2. The van der Waals surface area contributed by atoms with Gasteiger partial charge in [-0.05, 0) is 12.1 Å². The van der Waals surface area contributed by atoms with Gasteiger partial charge in [0.1, 0.15) is 0 Å². The average Bonchev–Trinajstić information content (AvgIpc) is 2.53. The van der Waals surface area contributed by atoms with Crippen molar-refractivity contribution in [2.75, 3.05) is 31.1 Å². The van der Waals surface area contributed by atoms with E-state index in [0.717, 1.165) is 13.1 Å². The number of hydrogen-bond donors (Lipinski definition) is 2. The van der Waals surface area contributed by atoms with Gasteiger partial charge in [-0.3, -0.25) is 15.0 Å². The van der Waals surface area contributed by atoms with E-state index in [1.54, 1.807) is 0 Å². The Balaban J connectivity index is 1.79. The Morgan fingerprint density at radius 2 is 1.70 bits per heavy atom. The molecule has 2 rings (SSSR count). The Kier molecular flexibility index (Phi) is 4.95. The summed E-state index contributed by atoms with van der Waals surface area (Å²) < 4.78 is 0. The molecule has 1 aromatic carbocycles. The third-order valence-corrected chi connectivity index (χ3v) is 3.48. The van der Waals surface area contributed by atoms with Crippen molar-refractivity contribution < 1.29 is 9.59 Å². The topological polar surface area (TPSA) is 78.7 Å². The SMILES string of the molecule is NNC(=O)CCC(=O)N1CCN(c2ccccc2)CC1. The van der Waals surface area contributed by atoms with Crippen molar-refractivity contribution in [1.82, 2.24) is 10.3 Å². The Hall–Kier alpha value is -2.08. The molecular weight excluding hydrogens is 256 g/mol. The molecule has 1 aliphatic rings. The number of hydrazine groups is 1. The summed E-state index contributed by atoms with van der Waals surface area (Å²) in [6, 6.07) is 10.2. The van der Waals surface area contributed by atoms with E-state index in [1.807, 2.05) is 28.5 Å². The molecule has 6 nitrogen and oxygen atoms in total. The summed E-state index contributed by atoms with van der Waals surface area (Å²) in [7, 11) is 0. The van der Waals surface area contributed by atoms with Crippen molar-refractivity contribution in [3.8, 4) is 0 Å². The molecule has 0 unspecified atom stereocenters. The fourth-order valence-corrected chi connectivity index (χ4v) is 2.30. The fraction of sp³-hybridized carbons (Fsp3) is 0.429. The van der Waals surface area contributed by atoms with Crippen LogP contribution in [-0.4, -0.2) is 42.9 Å². The summed E-state index contributed by atoms with van der Waals surface area (Å²) in [5, 5.41) is 0. The number of benzene rings is 1. The van der Waals surface area contributed by atoms with E-state index in [1.165, 1.54) is 5.69 Å². The molecule has 1 fully saturated rings. The predicted molar refractivity (Wildman–Crippen MR) is 76.8 cm³/mol. The molecule has 0 saturated carbocycles. The molecule has 3 N–H and O–H groups in total. The van der Waals surface area contributed by atoms with Gasteiger partial charge in [-0.25, -0.2) is 5.84 Å². The van der Waals surface area contributed by atoms with E-state index in [9.17, 15) is 9.59 Å². The molecule has 0 aromatic heterocycles. The smallest absolute Gasteiger partial charge is 0.234 e. The molecule has 1 aliphatic heterocycles. The average molecular weight is 276 g/mol. The van der Waals surface area contributed by atoms with Gasteiger partial charge < -0.3 is 9.80 Å². The first-order chi connectivity index (χ1) is 9.70. The molecule has 20 heavy (non-hydrogen) atoms. The molecular formula is C14H20N4O2. The highest BCUT2D eigenvalue weighted by molar-refractivity contribution is 5.83. The molecule has 0 bridgehead atoms. The highest BCUT2D eigenvalue weighted by Crippen LogP contribution is 2.15. The van der Waals surface area contributed by atoms with Crippen molar-refractivity contribution in [2.24, 2.45) is 5.84 Å². The van der Waals surface area contributed by atoms with Crippen LogP contribution in [0.5, 0.6) is 0 Å². The van der Waals surface area contributed by atoms with Crippen LogP contribution in [0.4, 0.5) is 5.69 Å². The number of nitrogens with one attached hydrogen (secondary N) is 1. The monoisotopic (exact) mass is 276 g/mol. The normalized spacial score (nSPS) is 15.1. The quantitative estimate of drug-likeness (QED) is 0.464. The molecule has 1 heterocycles. The number of carbonyl (C=O) groups excluding carboxylic acids is 2. The van der Waals surface area contributed by atoms with Crippen molar-refractivity contribution in [3.05, 3.63) is 30.3 Å². The number of rotatable bonds is 4. The molecule has 1 saturated heterocycles. The highest BCUT2D eigenvalue weighted by atomic mass is 16.2. The summed E-state index contributed by atoms with van der Waals surface area (Å²) in [6.45, 7) is 3.02. The van der Waals surface area contributed by atoms with Gasteiger partial charge in [0.2, 0.25) is 11.8 Å². The van der Waals surface area contributed by atoms with Crippen LogP contribution in [-0.2, 0) is 9.59 Å². The first-order valence-electron chi connectivity index (χ1n) is 6.78. The van der Waals surface area contributed by atoms with Gasteiger partial charge in [-0.15, -0.1) is 0 Å². The van der Waals surface area contributed by atoms with E-state index >= 15 is 0 Å². The standard InChI is InChI=1S/C14H20N4O2/c15-16-13(19)6-7-14(20)18-10-8-17(9-11-18)12-4-2-1-3-5-12/h1-5H,6-11,15H2,(H,16,19). The number of nitrogens with zero attached hydrogens (tertiary/aromatic N) is 2. The zero-order valence-electron chi connectivity index (χ0n) is 11.4. The number of carbonyl (C=O) groups is 2. The zero-order chi connectivity index (χ0) is 14.4. The number of amides is 2. The number of nitrogens with two attached hydrogens (primary N) is 1. The van der Waals surface area contributed by atoms with Crippen LogP contribution in [0.15, 0.2) is 30.3 Å². The van der Waals surface area contributed by atoms with Gasteiger partial charge in [0.25, 0.3) is 0 Å². The molecule has 108 valence electrons. The summed E-state index contributed by atoms with van der Waals surface area (Å²) in [5.41, 5.74) is 3.22. The second kappa shape index (κ2) is 6.91. The van der Waals surface area contributed by atoms with E-state index in [0.29, 0.717) is 13.1 Å². The van der Waals surface area contributed by atoms with Crippen LogP contribution in [0.3, 0.4) is 0 Å². The van der Waals surface area contributed by atoms with Crippen LogP contribution >= 0.6 is 0 Å². The number of piperazine rings is 1. The molecule has 0 atom stereocenters. The highest BCUT2D eigenvalue weighted by Gasteiger charge is 2.21. The van der Waals surface area contributed by atoms with Gasteiger partial charge in [0.05, 0.1) is 0 Å². The van der Waals surface area contributed by atoms with Gasteiger partial charge in [0.15, 0.2) is 0 Å². The van der Waals surface area contributed by atoms with E-state index in [2.05, 4.69) is 17.0 Å². The second-order valence-electron chi connectivity index (χ2n) is 4.77. The van der Waals surface area contributed by atoms with Crippen LogP contribution in [0.1, 0.15) is 12.8 Å². The maximum absolute atomic E-state index is 11.9. The van der Waals surface area contributed by atoms with Crippen molar-refractivity contribution in [3.63, 3.8) is 0 Å². The second-order valence-corrected chi connectivity index (χ2v) is 4.77. The van der Waals surface area contributed by atoms with Crippen LogP contribution < -0.4 is 16.2 Å². The molecule has 0 radical (unpaired) electrons. The number of hydrogen-bond acceptors (Lipinski definition) is 4. The Morgan fingerprint density at radius 3 is 2.30 bits per heavy atom. The molecule has 1 aromatic rings. The van der Waals surface area contributed by atoms with E-state index in [-0.39, 0.29) is 24.7 Å². The van der Waals surface area contributed by atoms with Gasteiger partial charge in [-0.1, -0.05) is 18.2 Å². The minimum atomic E-state index is -0.304. The molecule has 2 amide bonds. The largest absolute Gasteiger partial charge is 0.368 e. The zero-order valence-corrected chi connectivity index (χ0v) is 11.4. The molecule has 0 aliphatic carbocycles. The number of para-hydroxylation sites is 1. The lowest BCUT2D eigenvalue weighted by molar-refractivity contribution is -0.133. The first kappa shape index (κ1) is 14.3. The van der Waals surface area contributed by atoms with Crippen LogP contribution in [0, 0.1) is 0 Å². The van der Waals surface area contributed by atoms with Crippen molar-refractivity contribution in [2.45, 2.75) is 12.8 Å². The fourth-order valence-electron chi connectivity index (χ4n) is 2.30. The van der Waals surface area contributed by atoms with Crippen LogP contribution in [0.25, 0.3) is 0 Å². The third-order valence-electron chi connectivity index (χ3n) is 3.48. The Labute approximate surface area is 118 Å². The Bertz CT molecular complexity index is 456.